The lowest BCUT2D eigenvalue weighted by molar-refractivity contribution is -0.131. The molecule has 1 atom stereocenters. The first kappa shape index (κ1) is 15.1. The van der Waals surface area contributed by atoms with Crippen LogP contribution in [-0.4, -0.2) is 22.5 Å². The molecule has 5 heteroatoms. The largest absolute Gasteiger partial charge is 0.361 e. The molecule has 4 nitrogen and oxygen atoms in total. The van der Waals surface area contributed by atoms with E-state index in [4.69, 9.17) is 16.1 Å². The van der Waals surface area contributed by atoms with Gasteiger partial charge in [0.05, 0.1) is 18.2 Å². The van der Waals surface area contributed by atoms with E-state index in [1.165, 1.54) is 0 Å². The average Bonchev–Trinajstić information content (AvgIpc) is 3.09. The molecule has 3 rings (SSSR count). The van der Waals surface area contributed by atoms with E-state index < -0.39 is 0 Å². The number of hydrogen-bond acceptors (Lipinski definition) is 3. The summed E-state index contributed by atoms with van der Waals surface area (Å²) in [6.07, 6.45) is 2.34. The van der Waals surface area contributed by atoms with Gasteiger partial charge >= 0.3 is 0 Å². The zero-order valence-corrected chi connectivity index (χ0v) is 13.6. The minimum Gasteiger partial charge on any atom is -0.361 e. The third kappa shape index (κ3) is 2.88. The van der Waals surface area contributed by atoms with E-state index in [0.717, 1.165) is 42.0 Å². The Kier molecular flexibility index (Phi) is 4.21. The normalized spacial score (nSPS) is 18.0. The molecule has 1 aliphatic rings. The van der Waals surface area contributed by atoms with E-state index in [1.807, 2.05) is 43.0 Å². The Bertz CT molecular complexity index is 676. The van der Waals surface area contributed by atoms with Gasteiger partial charge in [-0.2, -0.15) is 0 Å². The van der Waals surface area contributed by atoms with E-state index in [2.05, 4.69) is 5.16 Å². The third-order valence-corrected chi connectivity index (χ3v) is 4.55. The smallest absolute Gasteiger partial charge is 0.227 e. The standard InChI is InChI=1S/C17H19ClN2O2/c1-11-15(12(2)22-19-11)10-17(21)20-8-4-7-16(20)13-5-3-6-14(18)9-13/h3,5-6,9,16H,4,7-8,10H2,1-2H3/t16-/m1/s1. The van der Waals surface area contributed by atoms with Gasteiger partial charge in [-0.05, 0) is 44.4 Å². The summed E-state index contributed by atoms with van der Waals surface area (Å²) < 4.78 is 5.15. The monoisotopic (exact) mass is 318 g/mol. The molecule has 0 N–H and O–H groups in total. The quantitative estimate of drug-likeness (QED) is 0.863. The summed E-state index contributed by atoms with van der Waals surface area (Å²) in [5.74, 6) is 0.848. The van der Waals surface area contributed by atoms with E-state index in [1.54, 1.807) is 0 Å². The molecule has 116 valence electrons. The Morgan fingerprint density at radius 2 is 2.27 bits per heavy atom. The van der Waals surface area contributed by atoms with Crippen molar-refractivity contribution in [2.24, 2.45) is 0 Å². The molecule has 0 unspecified atom stereocenters. The van der Waals surface area contributed by atoms with Crippen molar-refractivity contribution >= 4 is 17.5 Å². The van der Waals surface area contributed by atoms with Crippen molar-refractivity contribution in [1.29, 1.82) is 0 Å². The first-order valence-electron chi connectivity index (χ1n) is 7.53. The Morgan fingerprint density at radius 3 is 2.95 bits per heavy atom. The number of rotatable bonds is 3. The minimum atomic E-state index is 0.117. The molecule has 0 spiro atoms. The van der Waals surface area contributed by atoms with Crippen molar-refractivity contribution in [3.63, 3.8) is 0 Å². The molecule has 0 radical (unpaired) electrons. The maximum atomic E-state index is 12.7. The van der Waals surface area contributed by atoms with Crippen LogP contribution in [0.1, 0.15) is 41.5 Å². The fourth-order valence-electron chi connectivity index (χ4n) is 3.13. The second-order valence-electron chi connectivity index (χ2n) is 5.78. The maximum Gasteiger partial charge on any atom is 0.227 e. The molecule has 2 heterocycles. The van der Waals surface area contributed by atoms with Gasteiger partial charge in [-0.15, -0.1) is 0 Å². The van der Waals surface area contributed by atoms with Crippen LogP contribution >= 0.6 is 11.6 Å². The molecule has 1 fully saturated rings. The molecule has 1 amide bonds. The molecule has 0 saturated carbocycles. The topological polar surface area (TPSA) is 46.3 Å². The SMILES string of the molecule is Cc1noc(C)c1CC(=O)N1CCC[C@@H]1c1cccc(Cl)c1. The second-order valence-corrected chi connectivity index (χ2v) is 6.22. The van der Waals surface area contributed by atoms with Crippen LogP contribution in [0.3, 0.4) is 0 Å². The van der Waals surface area contributed by atoms with Gasteiger partial charge in [0.1, 0.15) is 5.76 Å². The van der Waals surface area contributed by atoms with Crippen molar-refractivity contribution < 1.29 is 9.32 Å². The number of likely N-dealkylation sites (tertiary alicyclic amines) is 1. The fourth-order valence-corrected chi connectivity index (χ4v) is 3.33. The maximum absolute atomic E-state index is 12.7. The van der Waals surface area contributed by atoms with Gasteiger partial charge in [0.15, 0.2) is 0 Å². The van der Waals surface area contributed by atoms with E-state index >= 15 is 0 Å². The van der Waals surface area contributed by atoms with Gasteiger partial charge in [-0.1, -0.05) is 28.9 Å². The van der Waals surface area contributed by atoms with Gasteiger partial charge in [0, 0.05) is 17.1 Å². The number of aryl methyl sites for hydroxylation is 2. The predicted molar refractivity (Wildman–Crippen MR) is 84.8 cm³/mol. The highest BCUT2D eigenvalue weighted by atomic mass is 35.5. The molecule has 0 aliphatic carbocycles. The first-order chi connectivity index (χ1) is 10.6. The van der Waals surface area contributed by atoms with Crippen LogP contribution in [0.5, 0.6) is 0 Å². The summed E-state index contributed by atoms with van der Waals surface area (Å²) in [5.41, 5.74) is 2.81. The van der Waals surface area contributed by atoms with E-state index in [0.29, 0.717) is 11.4 Å². The summed E-state index contributed by atoms with van der Waals surface area (Å²) in [4.78, 5) is 14.7. The van der Waals surface area contributed by atoms with Crippen LogP contribution in [0.4, 0.5) is 0 Å². The second kappa shape index (κ2) is 6.13. The van der Waals surface area contributed by atoms with Crippen molar-refractivity contribution in [2.45, 2.75) is 39.2 Å². The van der Waals surface area contributed by atoms with Crippen molar-refractivity contribution in [2.75, 3.05) is 6.54 Å². The molecule has 2 aromatic rings. The van der Waals surface area contributed by atoms with Gasteiger partial charge in [0.25, 0.3) is 0 Å². The molecule has 0 bridgehead atoms. The van der Waals surface area contributed by atoms with Crippen LogP contribution in [-0.2, 0) is 11.2 Å². The van der Waals surface area contributed by atoms with Crippen LogP contribution in [0.2, 0.25) is 5.02 Å². The average molecular weight is 319 g/mol. The van der Waals surface area contributed by atoms with Gasteiger partial charge in [-0.3, -0.25) is 4.79 Å². The lowest BCUT2D eigenvalue weighted by Crippen LogP contribution is -2.32. The van der Waals surface area contributed by atoms with E-state index in [9.17, 15) is 4.79 Å². The molecular formula is C17H19ClN2O2. The zero-order chi connectivity index (χ0) is 15.7. The number of carbonyl (C=O) groups excluding carboxylic acids is 1. The number of aromatic nitrogens is 1. The fraction of sp³-hybridized carbons (Fsp3) is 0.412. The third-order valence-electron chi connectivity index (χ3n) is 4.32. The predicted octanol–water partition coefficient (Wildman–Crippen LogP) is 3.85. The minimum absolute atomic E-state index is 0.117. The van der Waals surface area contributed by atoms with Crippen LogP contribution in [0, 0.1) is 13.8 Å². The molecular weight excluding hydrogens is 300 g/mol. The van der Waals surface area contributed by atoms with E-state index in [-0.39, 0.29) is 11.9 Å². The summed E-state index contributed by atoms with van der Waals surface area (Å²) in [5, 5.41) is 4.63. The summed E-state index contributed by atoms with van der Waals surface area (Å²) in [6.45, 7) is 4.51. The lowest BCUT2D eigenvalue weighted by atomic mass is 10.0. The number of nitrogens with zero attached hydrogens (tertiary/aromatic N) is 2. The summed E-state index contributed by atoms with van der Waals surface area (Å²) >= 11 is 6.08. The van der Waals surface area contributed by atoms with Crippen molar-refractivity contribution in [1.82, 2.24) is 10.1 Å². The summed E-state index contributed by atoms with van der Waals surface area (Å²) in [6, 6.07) is 7.90. The van der Waals surface area contributed by atoms with Gasteiger partial charge in [0.2, 0.25) is 5.91 Å². The molecule has 1 aliphatic heterocycles. The zero-order valence-electron chi connectivity index (χ0n) is 12.8. The van der Waals surface area contributed by atoms with Crippen LogP contribution in [0.25, 0.3) is 0 Å². The number of halogens is 1. The Hall–Kier alpha value is -1.81. The highest BCUT2D eigenvalue weighted by Gasteiger charge is 2.30. The molecule has 22 heavy (non-hydrogen) atoms. The summed E-state index contributed by atoms with van der Waals surface area (Å²) in [7, 11) is 0. The van der Waals surface area contributed by atoms with Crippen molar-refractivity contribution in [3.8, 4) is 0 Å². The molecule has 1 aromatic carbocycles. The number of benzene rings is 1. The van der Waals surface area contributed by atoms with Gasteiger partial charge in [-0.25, -0.2) is 0 Å². The number of hydrogen-bond donors (Lipinski definition) is 0. The van der Waals surface area contributed by atoms with Crippen LogP contribution < -0.4 is 0 Å². The Balaban J connectivity index is 1.80. The van der Waals surface area contributed by atoms with Gasteiger partial charge < -0.3 is 9.42 Å². The van der Waals surface area contributed by atoms with Crippen LogP contribution in [0.15, 0.2) is 28.8 Å². The highest BCUT2D eigenvalue weighted by molar-refractivity contribution is 6.30. The lowest BCUT2D eigenvalue weighted by Gasteiger charge is -2.25. The van der Waals surface area contributed by atoms with Crippen molar-refractivity contribution in [3.05, 3.63) is 51.9 Å². The Morgan fingerprint density at radius 1 is 1.45 bits per heavy atom. The molecule has 1 aromatic heterocycles. The number of amides is 1. The number of carbonyl (C=O) groups is 1. The molecule has 1 saturated heterocycles. The highest BCUT2D eigenvalue weighted by Crippen LogP contribution is 2.33. The Labute approximate surface area is 135 Å². The first-order valence-corrected chi connectivity index (χ1v) is 7.90.